The molecule has 0 aromatic heterocycles. The number of nitrogens with one attached hydrogen (secondary N) is 3. The molecule has 1 aromatic carbocycles. The Morgan fingerprint density at radius 3 is 2.62 bits per heavy atom. The van der Waals surface area contributed by atoms with Crippen LogP contribution >= 0.6 is 28.1 Å². The van der Waals surface area contributed by atoms with Gasteiger partial charge in [0.2, 0.25) is 5.91 Å². The molecular formula is C15H20BrN3O4S. The van der Waals surface area contributed by atoms with Gasteiger partial charge in [-0.3, -0.25) is 25.8 Å². The second-order valence-corrected chi connectivity index (χ2v) is 5.96. The topological polar surface area (TPSA) is 88.7 Å². The van der Waals surface area contributed by atoms with Gasteiger partial charge in [0.15, 0.2) is 5.11 Å². The Kier molecular flexibility index (Phi) is 9.28. The quantitative estimate of drug-likeness (QED) is 0.356. The molecule has 0 aliphatic rings. The van der Waals surface area contributed by atoms with E-state index in [1.165, 1.54) is 0 Å². The molecule has 0 bridgehead atoms. The molecule has 9 heteroatoms. The number of halogens is 1. The first-order valence-corrected chi connectivity index (χ1v) is 8.49. The van der Waals surface area contributed by atoms with Crippen LogP contribution in [-0.4, -0.2) is 37.3 Å². The summed E-state index contributed by atoms with van der Waals surface area (Å²) in [5.41, 5.74) is 5.27. The highest BCUT2D eigenvalue weighted by molar-refractivity contribution is 9.10. The van der Waals surface area contributed by atoms with Gasteiger partial charge in [0.25, 0.3) is 5.91 Å². The molecule has 3 N–H and O–H groups in total. The highest BCUT2D eigenvalue weighted by Crippen LogP contribution is 2.25. The van der Waals surface area contributed by atoms with Crippen LogP contribution in [0.3, 0.4) is 0 Å². The summed E-state index contributed by atoms with van der Waals surface area (Å²) in [6.45, 7) is 2.77. The van der Waals surface area contributed by atoms with Crippen LogP contribution in [0.1, 0.15) is 30.1 Å². The van der Waals surface area contributed by atoms with Crippen LogP contribution in [-0.2, 0) is 9.53 Å². The smallest absolute Gasteiger partial charge is 0.257 e. The van der Waals surface area contributed by atoms with Crippen molar-refractivity contribution in [1.82, 2.24) is 16.2 Å². The van der Waals surface area contributed by atoms with E-state index in [4.69, 9.17) is 21.7 Å². The minimum Gasteiger partial charge on any atom is -0.490 e. The van der Waals surface area contributed by atoms with Crippen LogP contribution < -0.4 is 20.9 Å². The number of hydrazine groups is 1. The van der Waals surface area contributed by atoms with Gasteiger partial charge < -0.3 is 9.47 Å². The highest BCUT2D eigenvalue weighted by Gasteiger charge is 2.11. The van der Waals surface area contributed by atoms with Crippen molar-refractivity contribution in [3.05, 3.63) is 28.2 Å². The average Bonchev–Trinajstić information content (AvgIpc) is 2.55. The van der Waals surface area contributed by atoms with Crippen molar-refractivity contribution in [2.45, 2.75) is 19.8 Å². The maximum atomic E-state index is 12.1. The standard InChI is InChI=1S/C15H20BrN3O4S/c1-3-4-13(20)18-19-15(24)17-14(21)10-5-6-12(11(16)9-10)23-8-7-22-2/h5-6,9H,3-4,7-8H2,1-2H3,(H,18,20)(H2,17,19,21,24). The van der Waals surface area contributed by atoms with Crippen molar-refractivity contribution in [1.29, 1.82) is 0 Å². The number of thiocarbonyl (C=S) groups is 1. The molecule has 0 heterocycles. The van der Waals surface area contributed by atoms with Crippen LogP contribution in [0, 0.1) is 0 Å². The lowest BCUT2D eigenvalue weighted by Crippen LogP contribution is -2.48. The Balaban J connectivity index is 2.54. The molecule has 0 saturated heterocycles. The molecule has 1 rings (SSSR count). The van der Waals surface area contributed by atoms with E-state index >= 15 is 0 Å². The largest absolute Gasteiger partial charge is 0.490 e. The van der Waals surface area contributed by atoms with Gasteiger partial charge in [-0.15, -0.1) is 0 Å². The lowest BCUT2D eigenvalue weighted by atomic mass is 10.2. The fourth-order valence-electron chi connectivity index (χ4n) is 1.62. The van der Waals surface area contributed by atoms with E-state index in [1.807, 2.05) is 6.92 Å². The summed E-state index contributed by atoms with van der Waals surface area (Å²) in [6.07, 6.45) is 1.10. The van der Waals surface area contributed by atoms with Gasteiger partial charge in [0.05, 0.1) is 11.1 Å². The van der Waals surface area contributed by atoms with Crippen molar-refractivity contribution >= 4 is 45.1 Å². The maximum Gasteiger partial charge on any atom is 0.257 e. The molecule has 0 unspecified atom stereocenters. The monoisotopic (exact) mass is 417 g/mol. The molecular weight excluding hydrogens is 398 g/mol. The molecule has 0 saturated carbocycles. The summed E-state index contributed by atoms with van der Waals surface area (Å²) in [7, 11) is 1.59. The van der Waals surface area contributed by atoms with E-state index in [9.17, 15) is 9.59 Å². The van der Waals surface area contributed by atoms with Gasteiger partial charge in [-0.2, -0.15) is 0 Å². The molecule has 0 fully saturated rings. The maximum absolute atomic E-state index is 12.1. The van der Waals surface area contributed by atoms with Crippen molar-refractivity contribution in [2.24, 2.45) is 0 Å². The number of rotatable bonds is 7. The first-order chi connectivity index (χ1) is 11.5. The first kappa shape index (κ1) is 20.3. The number of methoxy groups -OCH3 is 1. The SMILES string of the molecule is CCCC(=O)NNC(=S)NC(=O)c1ccc(OCCOC)c(Br)c1. The molecule has 132 valence electrons. The van der Waals surface area contributed by atoms with Crippen LogP contribution in [0.25, 0.3) is 0 Å². The first-order valence-electron chi connectivity index (χ1n) is 7.29. The predicted octanol–water partition coefficient (Wildman–Crippen LogP) is 1.91. The van der Waals surface area contributed by atoms with E-state index in [0.29, 0.717) is 35.4 Å². The summed E-state index contributed by atoms with van der Waals surface area (Å²) in [4.78, 5) is 23.4. The van der Waals surface area contributed by atoms with Gasteiger partial charge in [-0.25, -0.2) is 0 Å². The lowest BCUT2D eigenvalue weighted by molar-refractivity contribution is -0.121. The third-order valence-corrected chi connectivity index (χ3v) is 3.58. The summed E-state index contributed by atoms with van der Waals surface area (Å²) >= 11 is 8.30. The zero-order valence-electron chi connectivity index (χ0n) is 13.5. The number of carbonyl (C=O) groups is 2. The molecule has 0 aliphatic heterocycles. The summed E-state index contributed by atoms with van der Waals surface area (Å²) in [5.74, 6) is 0.00640. The van der Waals surface area contributed by atoms with Crippen LogP contribution in [0.4, 0.5) is 0 Å². The lowest BCUT2D eigenvalue weighted by Gasteiger charge is -2.12. The fraction of sp³-hybridized carbons (Fsp3) is 0.400. The zero-order chi connectivity index (χ0) is 17.9. The third-order valence-electron chi connectivity index (χ3n) is 2.76. The van der Waals surface area contributed by atoms with Crippen LogP contribution in [0.15, 0.2) is 22.7 Å². The third kappa shape index (κ3) is 7.24. The number of hydrogen-bond donors (Lipinski definition) is 3. The van der Waals surface area contributed by atoms with E-state index in [2.05, 4.69) is 32.1 Å². The second-order valence-electron chi connectivity index (χ2n) is 4.69. The molecule has 0 spiro atoms. The van der Waals surface area contributed by atoms with E-state index < -0.39 is 5.91 Å². The molecule has 24 heavy (non-hydrogen) atoms. The predicted molar refractivity (Wildman–Crippen MR) is 97.8 cm³/mol. The summed E-state index contributed by atoms with van der Waals surface area (Å²) in [6, 6.07) is 4.91. The van der Waals surface area contributed by atoms with Crippen LogP contribution in [0.2, 0.25) is 0 Å². The minimum absolute atomic E-state index is 0.0148. The molecule has 0 radical (unpaired) electrons. The highest BCUT2D eigenvalue weighted by atomic mass is 79.9. The van der Waals surface area contributed by atoms with Gasteiger partial charge in [-0.05, 0) is 52.8 Å². The number of ether oxygens (including phenoxy) is 2. The molecule has 0 aliphatic carbocycles. The van der Waals surface area contributed by atoms with Crippen molar-refractivity contribution in [3.63, 3.8) is 0 Å². The van der Waals surface area contributed by atoms with Crippen LogP contribution in [0.5, 0.6) is 5.75 Å². The Bertz CT molecular complexity index is 598. The van der Waals surface area contributed by atoms with Crippen molar-refractivity contribution in [2.75, 3.05) is 20.3 Å². The van der Waals surface area contributed by atoms with Gasteiger partial charge in [0, 0.05) is 19.1 Å². The van der Waals surface area contributed by atoms with Gasteiger partial charge in [0.1, 0.15) is 12.4 Å². The second kappa shape index (κ2) is 11.0. The molecule has 1 aromatic rings. The number of amides is 2. The van der Waals surface area contributed by atoms with Crippen molar-refractivity contribution < 1.29 is 19.1 Å². The van der Waals surface area contributed by atoms with E-state index in [1.54, 1.807) is 25.3 Å². The summed E-state index contributed by atoms with van der Waals surface area (Å²) in [5, 5.41) is 2.49. The number of benzene rings is 1. The van der Waals surface area contributed by atoms with Gasteiger partial charge in [-0.1, -0.05) is 6.92 Å². The molecule has 2 amide bonds. The van der Waals surface area contributed by atoms with E-state index in [0.717, 1.165) is 6.42 Å². The molecule has 7 nitrogen and oxygen atoms in total. The fourth-order valence-corrected chi connectivity index (χ4v) is 2.25. The normalized spacial score (nSPS) is 9.96. The Morgan fingerprint density at radius 1 is 1.25 bits per heavy atom. The Morgan fingerprint density at radius 2 is 2.00 bits per heavy atom. The zero-order valence-corrected chi connectivity index (χ0v) is 15.9. The average molecular weight is 418 g/mol. The van der Waals surface area contributed by atoms with Crippen molar-refractivity contribution in [3.8, 4) is 5.75 Å². The number of hydrogen-bond acceptors (Lipinski definition) is 5. The Hall–Kier alpha value is -1.71. The van der Waals surface area contributed by atoms with Gasteiger partial charge >= 0.3 is 0 Å². The Labute approximate surface area is 154 Å². The minimum atomic E-state index is -0.401. The molecule has 0 atom stereocenters. The summed E-state index contributed by atoms with van der Waals surface area (Å²) < 4.78 is 11.0. The number of carbonyl (C=O) groups excluding carboxylic acids is 2. The van der Waals surface area contributed by atoms with E-state index in [-0.39, 0.29) is 11.0 Å².